The van der Waals surface area contributed by atoms with E-state index >= 15 is 0 Å². The number of aryl methyl sites for hydroxylation is 2. The Bertz CT molecular complexity index is 603. The summed E-state index contributed by atoms with van der Waals surface area (Å²) in [7, 11) is 1.63. The number of ether oxygens (including phenoxy) is 1. The van der Waals surface area contributed by atoms with E-state index in [4.69, 9.17) is 4.74 Å². The molecule has 0 radical (unpaired) electrons. The second kappa shape index (κ2) is 4.93. The Hall–Kier alpha value is -2.27. The fourth-order valence-corrected chi connectivity index (χ4v) is 2.26. The predicted molar refractivity (Wildman–Crippen MR) is 72.6 cm³/mol. The monoisotopic (exact) mass is 237 g/mol. The van der Waals surface area contributed by atoms with E-state index in [1.54, 1.807) is 7.11 Å². The Morgan fingerprint density at radius 2 is 1.56 bits per heavy atom. The average molecular weight is 237 g/mol. The third-order valence-electron chi connectivity index (χ3n) is 3.10. The summed E-state index contributed by atoms with van der Waals surface area (Å²) < 4.78 is 5.40. The standard InChI is InChI=1S/C16H15NO/c1-11-6-4-7-12(2)15(11)16-13(10-17)8-5-9-14(16)18-3/h4-9H,1-3H3. The van der Waals surface area contributed by atoms with E-state index in [1.807, 2.05) is 24.3 Å². The summed E-state index contributed by atoms with van der Waals surface area (Å²) in [6.07, 6.45) is 0. The molecule has 2 rings (SSSR count). The van der Waals surface area contributed by atoms with Crippen molar-refractivity contribution in [1.82, 2.24) is 0 Å². The van der Waals surface area contributed by atoms with E-state index < -0.39 is 0 Å². The van der Waals surface area contributed by atoms with E-state index in [1.165, 1.54) is 0 Å². The van der Waals surface area contributed by atoms with E-state index in [9.17, 15) is 5.26 Å². The smallest absolute Gasteiger partial charge is 0.128 e. The lowest BCUT2D eigenvalue weighted by atomic mass is 9.92. The summed E-state index contributed by atoms with van der Waals surface area (Å²) >= 11 is 0. The normalized spacial score (nSPS) is 9.89. The van der Waals surface area contributed by atoms with Crippen molar-refractivity contribution in [3.63, 3.8) is 0 Å². The first-order chi connectivity index (χ1) is 8.69. The molecule has 0 heterocycles. The van der Waals surface area contributed by atoms with Gasteiger partial charge in [-0.2, -0.15) is 5.26 Å². The van der Waals surface area contributed by atoms with Crippen molar-refractivity contribution < 1.29 is 4.74 Å². The maximum Gasteiger partial charge on any atom is 0.128 e. The van der Waals surface area contributed by atoms with Gasteiger partial charge in [0.25, 0.3) is 0 Å². The molecule has 0 N–H and O–H groups in total. The summed E-state index contributed by atoms with van der Waals surface area (Å²) in [6, 6.07) is 13.9. The van der Waals surface area contributed by atoms with Crippen LogP contribution in [0.2, 0.25) is 0 Å². The molecule has 18 heavy (non-hydrogen) atoms. The lowest BCUT2D eigenvalue weighted by Crippen LogP contribution is -1.95. The molecule has 2 aromatic carbocycles. The first-order valence-corrected chi connectivity index (χ1v) is 5.82. The molecule has 0 unspecified atom stereocenters. The average Bonchev–Trinajstić information content (AvgIpc) is 2.38. The summed E-state index contributed by atoms with van der Waals surface area (Å²) in [6.45, 7) is 4.10. The van der Waals surface area contributed by atoms with Gasteiger partial charge in [-0.15, -0.1) is 0 Å². The van der Waals surface area contributed by atoms with Gasteiger partial charge in [0, 0.05) is 5.56 Å². The Balaban J connectivity index is 2.82. The molecule has 2 nitrogen and oxygen atoms in total. The van der Waals surface area contributed by atoms with Crippen LogP contribution < -0.4 is 4.74 Å². The lowest BCUT2D eigenvalue weighted by Gasteiger charge is -2.15. The highest BCUT2D eigenvalue weighted by atomic mass is 16.5. The van der Waals surface area contributed by atoms with Gasteiger partial charge < -0.3 is 4.74 Å². The molecule has 2 heteroatoms. The van der Waals surface area contributed by atoms with Crippen molar-refractivity contribution in [1.29, 1.82) is 5.26 Å². The topological polar surface area (TPSA) is 33.0 Å². The van der Waals surface area contributed by atoms with Gasteiger partial charge >= 0.3 is 0 Å². The van der Waals surface area contributed by atoms with Crippen LogP contribution in [-0.2, 0) is 0 Å². The zero-order chi connectivity index (χ0) is 13.1. The maximum absolute atomic E-state index is 9.28. The van der Waals surface area contributed by atoms with Crippen LogP contribution in [-0.4, -0.2) is 7.11 Å². The highest BCUT2D eigenvalue weighted by molar-refractivity contribution is 5.81. The van der Waals surface area contributed by atoms with Gasteiger partial charge in [-0.25, -0.2) is 0 Å². The van der Waals surface area contributed by atoms with Gasteiger partial charge in [0.15, 0.2) is 0 Å². The van der Waals surface area contributed by atoms with Crippen LogP contribution in [0.25, 0.3) is 11.1 Å². The Morgan fingerprint density at radius 1 is 0.944 bits per heavy atom. The van der Waals surface area contributed by atoms with Crippen LogP contribution in [0.3, 0.4) is 0 Å². The quantitative estimate of drug-likeness (QED) is 0.794. The van der Waals surface area contributed by atoms with Gasteiger partial charge in [-0.3, -0.25) is 0 Å². The summed E-state index contributed by atoms with van der Waals surface area (Å²) in [5, 5.41) is 9.28. The van der Waals surface area contributed by atoms with Crippen molar-refractivity contribution in [3.05, 3.63) is 53.1 Å². The fourth-order valence-electron chi connectivity index (χ4n) is 2.26. The Kier molecular flexibility index (Phi) is 3.34. The first-order valence-electron chi connectivity index (χ1n) is 5.82. The molecule has 0 atom stereocenters. The Labute approximate surface area is 107 Å². The van der Waals surface area contributed by atoms with Crippen LogP contribution >= 0.6 is 0 Å². The van der Waals surface area contributed by atoms with Gasteiger partial charge in [-0.05, 0) is 42.7 Å². The molecule has 0 aromatic heterocycles. The van der Waals surface area contributed by atoms with E-state index in [-0.39, 0.29) is 0 Å². The molecule has 0 aliphatic rings. The predicted octanol–water partition coefficient (Wildman–Crippen LogP) is 3.85. The summed E-state index contributed by atoms with van der Waals surface area (Å²) in [5.74, 6) is 0.742. The molecule has 0 bridgehead atoms. The van der Waals surface area contributed by atoms with Crippen molar-refractivity contribution in [2.75, 3.05) is 7.11 Å². The molecule has 0 saturated heterocycles. The van der Waals surface area contributed by atoms with Gasteiger partial charge in [0.05, 0.1) is 18.7 Å². The molecule has 0 spiro atoms. The third-order valence-corrected chi connectivity index (χ3v) is 3.10. The molecule has 0 saturated carbocycles. The largest absolute Gasteiger partial charge is 0.496 e. The number of methoxy groups -OCH3 is 1. The van der Waals surface area contributed by atoms with Crippen molar-refractivity contribution >= 4 is 0 Å². The molecular formula is C16H15NO. The molecule has 0 amide bonds. The third kappa shape index (κ3) is 1.96. The van der Waals surface area contributed by atoms with E-state index in [0.29, 0.717) is 5.56 Å². The SMILES string of the molecule is COc1cccc(C#N)c1-c1c(C)cccc1C. The number of hydrogen-bond acceptors (Lipinski definition) is 2. The summed E-state index contributed by atoms with van der Waals surface area (Å²) in [5.41, 5.74) is 4.92. The molecule has 0 aliphatic heterocycles. The maximum atomic E-state index is 9.28. The number of nitrogens with zero attached hydrogens (tertiary/aromatic N) is 1. The molecule has 90 valence electrons. The number of rotatable bonds is 2. The van der Waals surface area contributed by atoms with Crippen LogP contribution in [0, 0.1) is 25.2 Å². The van der Waals surface area contributed by atoms with Crippen molar-refractivity contribution in [2.24, 2.45) is 0 Å². The molecule has 0 fully saturated rings. The molecular weight excluding hydrogens is 222 g/mol. The zero-order valence-corrected chi connectivity index (χ0v) is 10.8. The second-order valence-electron chi connectivity index (χ2n) is 4.26. The van der Waals surface area contributed by atoms with Gasteiger partial charge in [0.1, 0.15) is 5.75 Å². The zero-order valence-electron chi connectivity index (χ0n) is 10.8. The fraction of sp³-hybridized carbons (Fsp3) is 0.188. The van der Waals surface area contributed by atoms with Gasteiger partial charge in [-0.1, -0.05) is 24.3 Å². The highest BCUT2D eigenvalue weighted by Gasteiger charge is 2.15. The van der Waals surface area contributed by atoms with Crippen LogP contribution in [0.1, 0.15) is 16.7 Å². The molecule has 0 aliphatic carbocycles. The van der Waals surface area contributed by atoms with Crippen LogP contribution in [0.4, 0.5) is 0 Å². The highest BCUT2D eigenvalue weighted by Crippen LogP contribution is 2.36. The van der Waals surface area contributed by atoms with Gasteiger partial charge in [0.2, 0.25) is 0 Å². The molecule has 2 aromatic rings. The minimum absolute atomic E-state index is 0.645. The Morgan fingerprint density at radius 3 is 2.11 bits per heavy atom. The van der Waals surface area contributed by atoms with Crippen LogP contribution in [0.5, 0.6) is 5.75 Å². The minimum Gasteiger partial charge on any atom is -0.496 e. The van der Waals surface area contributed by atoms with Crippen LogP contribution in [0.15, 0.2) is 36.4 Å². The lowest BCUT2D eigenvalue weighted by molar-refractivity contribution is 0.416. The number of benzene rings is 2. The number of hydrogen-bond donors (Lipinski definition) is 0. The second-order valence-corrected chi connectivity index (χ2v) is 4.26. The van der Waals surface area contributed by atoms with E-state index in [0.717, 1.165) is 28.0 Å². The van der Waals surface area contributed by atoms with Crippen molar-refractivity contribution in [2.45, 2.75) is 13.8 Å². The van der Waals surface area contributed by atoms with Crippen molar-refractivity contribution in [3.8, 4) is 22.9 Å². The number of nitriles is 1. The van der Waals surface area contributed by atoms with E-state index in [2.05, 4.69) is 32.0 Å². The first kappa shape index (κ1) is 12.2. The minimum atomic E-state index is 0.645. The summed E-state index contributed by atoms with van der Waals surface area (Å²) in [4.78, 5) is 0.